The van der Waals surface area contributed by atoms with Gasteiger partial charge in [-0.1, -0.05) is 29.8 Å². The number of hydrogen-bond donors (Lipinski definition) is 1. The Morgan fingerprint density at radius 3 is 2.42 bits per heavy atom. The number of nitrogens with zero attached hydrogens (tertiary/aromatic N) is 2. The van der Waals surface area contributed by atoms with Crippen LogP contribution in [-0.2, 0) is 10.6 Å². The average Bonchev–Trinajstić information content (AvgIpc) is 2.73. The molecule has 2 aromatic carbocycles. The molecular formula is C16H11ClFIN2O3. The molecule has 0 spiro atoms. The van der Waals surface area contributed by atoms with Crippen molar-refractivity contribution in [2.75, 3.05) is 4.90 Å². The summed E-state index contributed by atoms with van der Waals surface area (Å²) in [5, 5.41) is 10.3. The summed E-state index contributed by atoms with van der Waals surface area (Å²) >= 11 is 7.67. The van der Waals surface area contributed by atoms with Crippen LogP contribution in [0.2, 0.25) is 5.02 Å². The standard InChI is InChI=1S/C16H11ClFIN2O3/c1-9-3-2-4-12(13(9)19)16(18)14(22)20(15(23)21(16)24)11-7-5-10(17)6-8-11/h2-8,24H,1H3. The van der Waals surface area contributed by atoms with E-state index in [1.165, 1.54) is 30.3 Å². The van der Waals surface area contributed by atoms with E-state index in [4.69, 9.17) is 11.6 Å². The normalized spacial score (nSPS) is 20.9. The first kappa shape index (κ1) is 17.1. The van der Waals surface area contributed by atoms with Crippen molar-refractivity contribution < 1.29 is 19.2 Å². The quantitative estimate of drug-likeness (QED) is 0.316. The van der Waals surface area contributed by atoms with Gasteiger partial charge in [0.1, 0.15) is 0 Å². The van der Waals surface area contributed by atoms with Crippen molar-refractivity contribution in [2.24, 2.45) is 0 Å². The molecule has 0 bridgehead atoms. The lowest BCUT2D eigenvalue weighted by atomic mass is 10.0. The Bertz CT molecular complexity index is 846. The third-order valence-corrected chi connectivity index (χ3v) is 5.47. The highest BCUT2D eigenvalue weighted by atomic mass is 127. The van der Waals surface area contributed by atoms with E-state index in [1.54, 1.807) is 19.1 Å². The van der Waals surface area contributed by atoms with Crippen molar-refractivity contribution in [2.45, 2.75) is 12.7 Å². The Kier molecular flexibility index (Phi) is 4.27. The zero-order valence-corrected chi connectivity index (χ0v) is 15.2. The molecule has 0 saturated carbocycles. The molecule has 5 nitrogen and oxygen atoms in total. The van der Waals surface area contributed by atoms with Crippen molar-refractivity contribution in [3.63, 3.8) is 0 Å². The summed E-state index contributed by atoms with van der Waals surface area (Å²) in [5.41, 5.74) is 0.764. The molecule has 2 aromatic rings. The fraction of sp³-hybridized carbons (Fsp3) is 0.125. The minimum absolute atomic E-state index is 0.0830. The summed E-state index contributed by atoms with van der Waals surface area (Å²) in [6.07, 6.45) is 0. The van der Waals surface area contributed by atoms with Crippen molar-refractivity contribution in [3.05, 3.63) is 62.2 Å². The fourth-order valence-corrected chi connectivity index (χ4v) is 3.35. The average molecular weight is 461 g/mol. The molecule has 0 aliphatic carbocycles. The van der Waals surface area contributed by atoms with Crippen molar-refractivity contribution >= 4 is 51.8 Å². The molecule has 0 radical (unpaired) electrons. The van der Waals surface area contributed by atoms with Gasteiger partial charge < -0.3 is 0 Å². The van der Waals surface area contributed by atoms with Crippen LogP contribution in [0.15, 0.2) is 42.5 Å². The van der Waals surface area contributed by atoms with Gasteiger partial charge >= 0.3 is 17.7 Å². The lowest BCUT2D eigenvalue weighted by molar-refractivity contribution is -0.181. The van der Waals surface area contributed by atoms with Crippen LogP contribution in [0.25, 0.3) is 0 Å². The van der Waals surface area contributed by atoms with E-state index in [0.29, 0.717) is 13.5 Å². The van der Waals surface area contributed by atoms with Crippen LogP contribution < -0.4 is 4.90 Å². The Morgan fingerprint density at radius 2 is 1.79 bits per heavy atom. The molecule has 1 N–H and O–H groups in total. The highest BCUT2D eigenvalue weighted by Gasteiger charge is 2.61. The van der Waals surface area contributed by atoms with E-state index in [2.05, 4.69) is 0 Å². The lowest BCUT2D eigenvalue weighted by Gasteiger charge is -2.24. The minimum Gasteiger partial charge on any atom is -0.281 e. The Morgan fingerprint density at radius 1 is 1.17 bits per heavy atom. The van der Waals surface area contributed by atoms with Gasteiger partial charge in [-0.05, 0) is 59.3 Å². The second kappa shape index (κ2) is 5.98. The van der Waals surface area contributed by atoms with Crippen LogP contribution >= 0.6 is 34.2 Å². The van der Waals surface area contributed by atoms with Gasteiger partial charge in [0, 0.05) is 14.2 Å². The zero-order chi connectivity index (χ0) is 17.6. The Balaban J connectivity index is 2.13. The topological polar surface area (TPSA) is 60.9 Å². The third kappa shape index (κ3) is 2.38. The van der Waals surface area contributed by atoms with E-state index in [1.807, 2.05) is 22.6 Å². The lowest BCUT2D eigenvalue weighted by Crippen LogP contribution is -2.42. The van der Waals surface area contributed by atoms with Crippen LogP contribution in [0.5, 0.6) is 0 Å². The summed E-state index contributed by atoms with van der Waals surface area (Å²) in [4.78, 5) is 25.6. The number of rotatable bonds is 2. The van der Waals surface area contributed by atoms with Gasteiger partial charge in [-0.25, -0.2) is 14.1 Å². The largest absolute Gasteiger partial charge is 0.359 e. The predicted molar refractivity (Wildman–Crippen MR) is 94.6 cm³/mol. The third-order valence-electron chi connectivity index (χ3n) is 3.78. The summed E-state index contributed by atoms with van der Waals surface area (Å²) < 4.78 is 16.0. The number of carbonyl (C=O) groups excluding carboxylic acids is 2. The Labute approximate surface area is 155 Å². The molecule has 8 heteroatoms. The summed E-state index contributed by atoms with van der Waals surface area (Å²) in [7, 11) is 0. The van der Waals surface area contributed by atoms with Crippen LogP contribution in [-0.4, -0.2) is 22.2 Å². The second-order valence-corrected chi connectivity index (χ2v) is 6.79. The van der Waals surface area contributed by atoms with Gasteiger partial charge in [-0.15, -0.1) is 0 Å². The number of anilines is 1. The summed E-state index contributed by atoms with van der Waals surface area (Å²) in [6.45, 7) is 1.74. The van der Waals surface area contributed by atoms with Crippen LogP contribution in [0.1, 0.15) is 11.1 Å². The van der Waals surface area contributed by atoms with E-state index >= 15 is 4.39 Å². The SMILES string of the molecule is Cc1cccc(C2(F)C(=O)N(c3ccc(Cl)cc3)C(=O)N2O)c1I. The van der Waals surface area contributed by atoms with Crippen molar-refractivity contribution in [3.8, 4) is 0 Å². The summed E-state index contributed by atoms with van der Waals surface area (Å²) in [6, 6.07) is 9.25. The summed E-state index contributed by atoms with van der Waals surface area (Å²) in [5.74, 6) is -4.17. The van der Waals surface area contributed by atoms with Gasteiger partial charge in [-0.2, -0.15) is 5.06 Å². The number of benzene rings is 2. The number of urea groups is 1. The van der Waals surface area contributed by atoms with Gasteiger partial charge in [-0.3, -0.25) is 10.0 Å². The van der Waals surface area contributed by atoms with E-state index in [9.17, 15) is 14.8 Å². The van der Waals surface area contributed by atoms with Gasteiger partial charge in [0.05, 0.1) is 5.69 Å². The first-order valence-corrected chi connectivity index (χ1v) is 8.32. The van der Waals surface area contributed by atoms with E-state index in [0.717, 1.165) is 5.56 Å². The Hall–Kier alpha value is -1.71. The molecule has 3 rings (SSSR count). The molecule has 3 amide bonds. The molecule has 124 valence electrons. The number of halogens is 3. The van der Waals surface area contributed by atoms with Crippen LogP contribution in [0, 0.1) is 10.5 Å². The molecule has 1 unspecified atom stereocenters. The monoisotopic (exact) mass is 460 g/mol. The maximum absolute atomic E-state index is 15.6. The highest BCUT2D eigenvalue weighted by Crippen LogP contribution is 2.42. The smallest absolute Gasteiger partial charge is 0.281 e. The molecule has 1 aliphatic rings. The van der Waals surface area contributed by atoms with Crippen molar-refractivity contribution in [1.82, 2.24) is 5.06 Å². The fourth-order valence-electron chi connectivity index (χ4n) is 2.50. The number of amides is 3. The van der Waals surface area contributed by atoms with Gasteiger partial charge in [0.25, 0.3) is 0 Å². The first-order valence-electron chi connectivity index (χ1n) is 6.86. The minimum atomic E-state index is -2.99. The van der Waals surface area contributed by atoms with E-state index in [-0.39, 0.29) is 16.3 Å². The van der Waals surface area contributed by atoms with E-state index < -0.39 is 17.7 Å². The second-order valence-electron chi connectivity index (χ2n) is 5.27. The molecule has 1 heterocycles. The number of carbonyl (C=O) groups is 2. The maximum Gasteiger partial charge on any atom is 0.359 e. The number of alkyl halides is 1. The maximum atomic E-state index is 15.6. The van der Waals surface area contributed by atoms with Crippen LogP contribution in [0.3, 0.4) is 0 Å². The highest BCUT2D eigenvalue weighted by molar-refractivity contribution is 14.1. The first-order chi connectivity index (χ1) is 11.3. The van der Waals surface area contributed by atoms with Crippen LogP contribution in [0.4, 0.5) is 14.9 Å². The molecule has 24 heavy (non-hydrogen) atoms. The molecule has 1 atom stereocenters. The predicted octanol–water partition coefficient (Wildman–Crippen LogP) is 4.23. The number of imide groups is 1. The molecular weight excluding hydrogens is 450 g/mol. The number of aryl methyl sites for hydroxylation is 1. The molecule has 0 aromatic heterocycles. The molecule has 1 saturated heterocycles. The molecule has 1 aliphatic heterocycles. The van der Waals surface area contributed by atoms with Gasteiger partial charge in [0.15, 0.2) is 0 Å². The van der Waals surface area contributed by atoms with Crippen molar-refractivity contribution in [1.29, 1.82) is 0 Å². The molecule has 1 fully saturated rings. The zero-order valence-electron chi connectivity index (χ0n) is 12.3. The van der Waals surface area contributed by atoms with Gasteiger partial charge in [0.2, 0.25) is 0 Å². The number of hydroxylamine groups is 2. The number of hydrogen-bond acceptors (Lipinski definition) is 3.